The topological polar surface area (TPSA) is 134 Å². The molecule has 0 aromatic rings. The standard InChI is InChI=1S/C16H26N4O4/c1-8-5-9(2)14(19-20-16(17)24)11(6-8)12(21)7-10-3-4-13(22)18-15(10)23/h8-12,21H,3-7H2,1-2H3,(H3,17,20,24)(H,18,22,23)/b19-14-/t8-,9+,10+,11+,12-/m1/s1. The summed E-state index contributed by atoms with van der Waals surface area (Å²) in [4.78, 5) is 34.1. The molecule has 0 aromatic heterocycles. The van der Waals surface area contributed by atoms with Gasteiger partial charge >= 0.3 is 6.03 Å². The molecule has 1 saturated carbocycles. The van der Waals surface area contributed by atoms with E-state index in [4.69, 9.17) is 5.73 Å². The molecule has 2 rings (SSSR count). The molecule has 1 aliphatic heterocycles. The summed E-state index contributed by atoms with van der Waals surface area (Å²) in [5.74, 6) is -0.679. The molecular formula is C16H26N4O4. The van der Waals surface area contributed by atoms with Gasteiger partial charge in [0.25, 0.3) is 0 Å². The smallest absolute Gasteiger partial charge is 0.332 e. The first-order valence-electron chi connectivity index (χ1n) is 8.42. The van der Waals surface area contributed by atoms with Crippen LogP contribution in [0.4, 0.5) is 4.79 Å². The minimum atomic E-state index is -0.757. The summed E-state index contributed by atoms with van der Waals surface area (Å²) in [7, 11) is 0. The van der Waals surface area contributed by atoms with Gasteiger partial charge in [-0.3, -0.25) is 14.9 Å². The molecule has 8 heteroatoms. The van der Waals surface area contributed by atoms with Gasteiger partial charge in [0.1, 0.15) is 0 Å². The van der Waals surface area contributed by atoms with Crippen LogP contribution in [-0.4, -0.2) is 34.8 Å². The van der Waals surface area contributed by atoms with Crippen molar-refractivity contribution in [3.05, 3.63) is 0 Å². The lowest BCUT2D eigenvalue weighted by molar-refractivity contribution is -0.137. The predicted molar refractivity (Wildman–Crippen MR) is 87.7 cm³/mol. The van der Waals surface area contributed by atoms with Gasteiger partial charge in [-0.15, -0.1) is 0 Å². The number of aliphatic hydroxyl groups is 1. The van der Waals surface area contributed by atoms with Crippen molar-refractivity contribution in [2.75, 3.05) is 0 Å². The third kappa shape index (κ3) is 4.53. The van der Waals surface area contributed by atoms with Crippen molar-refractivity contribution in [1.29, 1.82) is 0 Å². The van der Waals surface area contributed by atoms with Crippen LogP contribution < -0.4 is 16.5 Å². The summed E-state index contributed by atoms with van der Waals surface area (Å²) in [6.45, 7) is 4.11. The Balaban J connectivity index is 2.09. The number of nitrogens with one attached hydrogen (secondary N) is 2. The number of carbonyl (C=O) groups excluding carboxylic acids is 3. The SMILES string of the molecule is C[C@H]1C[C@@H]([C@H](O)C[C@@H]2CCC(=O)NC2=O)/C(=N\NC(N)=O)[C@@H](C)C1. The molecule has 2 aliphatic rings. The van der Waals surface area contributed by atoms with Crippen molar-refractivity contribution >= 4 is 23.6 Å². The Labute approximate surface area is 141 Å². The van der Waals surface area contributed by atoms with Gasteiger partial charge in [0.2, 0.25) is 11.8 Å². The molecule has 0 spiro atoms. The number of urea groups is 1. The third-order valence-corrected chi connectivity index (χ3v) is 4.94. The van der Waals surface area contributed by atoms with E-state index in [-0.39, 0.29) is 36.0 Å². The maximum atomic E-state index is 11.9. The average molecular weight is 338 g/mol. The van der Waals surface area contributed by atoms with Crippen LogP contribution in [0.15, 0.2) is 5.10 Å². The lowest BCUT2D eigenvalue weighted by atomic mass is 9.71. The van der Waals surface area contributed by atoms with Gasteiger partial charge in [-0.1, -0.05) is 13.8 Å². The van der Waals surface area contributed by atoms with E-state index in [9.17, 15) is 19.5 Å². The maximum Gasteiger partial charge on any atom is 0.332 e. The van der Waals surface area contributed by atoms with Crippen LogP contribution in [0.1, 0.15) is 46.0 Å². The van der Waals surface area contributed by atoms with Crippen LogP contribution in [0.2, 0.25) is 0 Å². The lowest BCUT2D eigenvalue weighted by Gasteiger charge is -2.37. The number of amides is 4. The van der Waals surface area contributed by atoms with E-state index in [0.29, 0.717) is 24.5 Å². The van der Waals surface area contributed by atoms with Gasteiger partial charge in [0.05, 0.1) is 6.10 Å². The predicted octanol–water partition coefficient (Wildman–Crippen LogP) is 0.497. The van der Waals surface area contributed by atoms with Gasteiger partial charge < -0.3 is 10.8 Å². The molecule has 5 N–H and O–H groups in total. The number of nitrogens with zero attached hydrogens (tertiary/aromatic N) is 1. The van der Waals surface area contributed by atoms with Gasteiger partial charge in [-0.05, 0) is 37.5 Å². The van der Waals surface area contributed by atoms with Gasteiger partial charge in [-0.2, -0.15) is 5.10 Å². The highest BCUT2D eigenvalue weighted by Gasteiger charge is 2.38. The molecule has 0 unspecified atom stereocenters. The summed E-state index contributed by atoms with van der Waals surface area (Å²) in [6, 6.07) is -0.744. The Morgan fingerprint density at radius 1 is 1.42 bits per heavy atom. The summed E-state index contributed by atoms with van der Waals surface area (Å²) < 4.78 is 0. The number of hydrazone groups is 1. The number of carbonyl (C=O) groups is 3. The first-order valence-corrected chi connectivity index (χ1v) is 8.42. The fraction of sp³-hybridized carbons (Fsp3) is 0.750. The number of aliphatic hydroxyl groups excluding tert-OH is 1. The van der Waals surface area contributed by atoms with E-state index in [1.807, 2.05) is 6.92 Å². The summed E-state index contributed by atoms with van der Waals surface area (Å²) in [5.41, 5.74) is 8.05. The lowest BCUT2D eigenvalue weighted by Crippen LogP contribution is -2.45. The van der Waals surface area contributed by atoms with Crippen LogP contribution in [0.5, 0.6) is 0 Å². The zero-order valence-electron chi connectivity index (χ0n) is 14.1. The van der Waals surface area contributed by atoms with Gasteiger partial charge in [-0.25, -0.2) is 10.2 Å². The second kappa shape index (κ2) is 7.74. The van der Waals surface area contributed by atoms with E-state index in [2.05, 4.69) is 22.8 Å². The van der Waals surface area contributed by atoms with Crippen LogP contribution >= 0.6 is 0 Å². The van der Waals surface area contributed by atoms with E-state index in [1.165, 1.54) is 0 Å². The van der Waals surface area contributed by atoms with Crippen LogP contribution in [0, 0.1) is 23.7 Å². The molecule has 1 aliphatic carbocycles. The van der Waals surface area contributed by atoms with Crippen LogP contribution in [0.25, 0.3) is 0 Å². The van der Waals surface area contributed by atoms with Crippen molar-refractivity contribution < 1.29 is 19.5 Å². The minimum absolute atomic E-state index is 0.113. The Morgan fingerprint density at radius 2 is 2.12 bits per heavy atom. The fourth-order valence-electron chi connectivity index (χ4n) is 3.83. The Morgan fingerprint density at radius 3 is 2.75 bits per heavy atom. The van der Waals surface area contributed by atoms with E-state index < -0.39 is 12.1 Å². The van der Waals surface area contributed by atoms with Crippen LogP contribution in [-0.2, 0) is 9.59 Å². The number of hydrogen-bond donors (Lipinski definition) is 4. The van der Waals surface area contributed by atoms with Crippen molar-refractivity contribution in [2.24, 2.45) is 34.5 Å². The normalized spacial score (nSPS) is 33.9. The number of nitrogens with two attached hydrogens (primary N) is 1. The largest absolute Gasteiger partial charge is 0.392 e. The van der Waals surface area contributed by atoms with E-state index in [1.54, 1.807) is 0 Å². The second-order valence-corrected chi connectivity index (χ2v) is 7.05. The molecule has 5 atom stereocenters. The zero-order chi connectivity index (χ0) is 17.9. The van der Waals surface area contributed by atoms with Gasteiger partial charge in [0.15, 0.2) is 0 Å². The fourth-order valence-corrected chi connectivity index (χ4v) is 3.83. The molecule has 8 nitrogen and oxygen atoms in total. The summed E-state index contributed by atoms with van der Waals surface area (Å²) in [5, 5.41) is 17.1. The molecule has 1 saturated heterocycles. The second-order valence-electron chi connectivity index (χ2n) is 7.05. The molecule has 1 heterocycles. The van der Waals surface area contributed by atoms with E-state index >= 15 is 0 Å². The highest BCUT2D eigenvalue weighted by Crippen LogP contribution is 2.35. The number of imide groups is 1. The maximum absolute atomic E-state index is 11.9. The average Bonchev–Trinajstić information content (AvgIpc) is 2.48. The zero-order valence-corrected chi connectivity index (χ0v) is 14.1. The highest BCUT2D eigenvalue weighted by molar-refractivity contribution is 5.98. The van der Waals surface area contributed by atoms with Crippen LogP contribution in [0.3, 0.4) is 0 Å². The molecule has 0 aromatic carbocycles. The molecule has 0 bridgehead atoms. The Hall–Kier alpha value is -1.96. The van der Waals surface area contributed by atoms with Crippen molar-refractivity contribution in [1.82, 2.24) is 10.7 Å². The molecule has 2 fully saturated rings. The number of hydrogen-bond acceptors (Lipinski definition) is 5. The molecule has 24 heavy (non-hydrogen) atoms. The third-order valence-electron chi connectivity index (χ3n) is 4.94. The first kappa shape index (κ1) is 18.4. The highest BCUT2D eigenvalue weighted by atomic mass is 16.3. The summed E-state index contributed by atoms with van der Waals surface area (Å²) in [6.07, 6.45) is 1.92. The number of rotatable bonds is 4. The van der Waals surface area contributed by atoms with Crippen molar-refractivity contribution in [3.8, 4) is 0 Å². The first-order chi connectivity index (χ1) is 11.3. The van der Waals surface area contributed by atoms with Crippen molar-refractivity contribution in [3.63, 3.8) is 0 Å². The Bertz CT molecular complexity index is 548. The Kier molecular flexibility index (Phi) is 5.93. The van der Waals surface area contributed by atoms with Crippen molar-refractivity contribution in [2.45, 2.75) is 52.1 Å². The summed E-state index contributed by atoms with van der Waals surface area (Å²) >= 11 is 0. The molecule has 4 amide bonds. The number of piperidine rings is 1. The molecular weight excluding hydrogens is 312 g/mol. The minimum Gasteiger partial charge on any atom is -0.392 e. The van der Waals surface area contributed by atoms with Gasteiger partial charge in [0, 0.05) is 24.0 Å². The molecule has 0 radical (unpaired) electrons. The van der Waals surface area contributed by atoms with E-state index in [0.717, 1.165) is 12.8 Å². The molecule has 134 valence electrons. The quantitative estimate of drug-likeness (QED) is 0.438. The number of primary amides is 1. The monoisotopic (exact) mass is 338 g/mol.